The van der Waals surface area contributed by atoms with Crippen molar-refractivity contribution in [2.45, 2.75) is 36.7 Å². The van der Waals surface area contributed by atoms with Crippen LogP contribution >= 0.6 is 11.6 Å². The van der Waals surface area contributed by atoms with Crippen LogP contribution < -0.4 is 4.74 Å². The minimum Gasteiger partial charge on any atom is -0.497 e. The van der Waals surface area contributed by atoms with E-state index in [1.54, 1.807) is 19.2 Å². The summed E-state index contributed by atoms with van der Waals surface area (Å²) >= 11 is 5.99. The Morgan fingerprint density at radius 2 is 1.53 bits per heavy atom. The molecule has 0 unspecified atom stereocenters. The van der Waals surface area contributed by atoms with Crippen LogP contribution in [-0.2, 0) is 20.5 Å². The summed E-state index contributed by atoms with van der Waals surface area (Å²) in [6.07, 6.45) is 2.34. The highest BCUT2D eigenvalue weighted by Crippen LogP contribution is 2.40. The lowest BCUT2D eigenvalue weighted by molar-refractivity contribution is -0.145. The van der Waals surface area contributed by atoms with E-state index in [0.29, 0.717) is 57.0 Å². The first-order chi connectivity index (χ1) is 14.5. The number of carbonyl (C=O) groups is 1. The van der Waals surface area contributed by atoms with Crippen molar-refractivity contribution in [3.05, 3.63) is 64.7 Å². The summed E-state index contributed by atoms with van der Waals surface area (Å²) in [4.78, 5) is 15.7. The molecule has 2 aromatic carbocycles. The molecule has 0 atom stereocenters. The number of halogens is 1. The van der Waals surface area contributed by atoms with Gasteiger partial charge in [-0.1, -0.05) is 35.9 Å². The van der Waals surface area contributed by atoms with E-state index < -0.39 is 11.0 Å². The van der Waals surface area contributed by atoms with Gasteiger partial charge in [-0.15, -0.1) is 0 Å². The van der Waals surface area contributed by atoms with Crippen LogP contribution in [-0.4, -0.2) is 49.3 Å². The molecule has 1 amide bonds. The topological polar surface area (TPSA) is 59.0 Å². The van der Waals surface area contributed by atoms with E-state index in [1.165, 1.54) is 0 Å². The maximum atomic E-state index is 13.8. The highest BCUT2D eigenvalue weighted by molar-refractivity contribution is 6.30. The van der Waals surface area contributed by atoms with Gasteiger partial charge in [-0.3, -0.25) is 4.79 Å². The Balaban J connectivity index is 1.53. The molecule has 0 spiro atoms. The number of piperidine rings is 1. The van der Waals surface area contributed by atoms with Crippen molar-refractivity contribution in [1.82, 2.24) is 4.90 Å². The molecule has 5 nitrogen and oxygen atoms in total. The van der Waals surface area contributed by atoms with E-state index in [9.17, 15) is 9.90 Å². The first kappa shape index (κ1) is 21.2. The van der Waals surface area contributed by atoms with Crippen molar-refractivity contribution in [2.24, 2.45) is 0 Å². The van der Waals surface area contributed by atoms with Crippen molar-refractivity contribution in [2.75, 3.05) is 33.4 Å². The predicted molar refractivity (Wildman–Crippen MR) is 116 cm³/mol. The largest absolute Gasteiger partial charge is 0.497 e. The van der Waals surface area contributed by atoms with E-state index in [4.69, 9.17) is 21.1 Å². The second kappa shape index (κ2) is 8.58. The van der Waals surface area contributed by atoms with E-state index >= 15 is 0 Å². The molecule has 1 N–H and O–H groups in total. The third kappa shape index (κ3) is 3.94. The smallest absolute Gasteiger partial charge is 0.233 e. The number of ether oxygens (including phenoxy) is 2. The standard InChI is InChI=1S/C24H28ClNO4/c1-29-21-8-4-18(5-9-21)23(12-16-30-17-13-23)22(27)26-14-10-24(28,11-15-26)19-2-6-20(25)7-3-19/h2-9,28H,10-17H2,1H3. The second-order valence-electron chi connectivity index (χ2n) is 8.25. The number of hydrogen-bond donors (Lipinski definition) is 1. The van der Waals surface area contributed by atoms with Crippen LogP contribution in [0, 0.1) is 0 Å². The fourth-order valence-corrected chi connectivity index (χ4v) is 4.81. The Morgan fingerprint density at radius 3 is 2.10 bits per heavy atom. The predicted octanol–water partition coefficient (Wildman–Crippen LogP) is 3.91. The summed E-state index contributed by atoms with van der Waals surface area (Å²) < 4.78 is 10.9. The van der Waals surface area contributed by atoms with Gasteiger partial charge in [-0.25, -0.2) is 0 Å². The van der Waals surface area contributed by atoms with Crippen LogP contribution in [0.3, 0.4) is 0 Å². The van der Waals surface area contributed by atoms with Crippen molar-refractivity contribution in [3.8, 4) is 5.75 Å². The number of aliphatic hydroxyl groups is 1. The third-order valence-electron chi connectivity index (χ3n) is 6.66. The molecule has 2 saturated heterocycles. The van der Waals surface area contributed by atoms with Crippen LogP contribution in [0.5, 0.6) is 5.75 Å². The molecule has 0 bridgehead atoms. The van der Waals surface area contributed by atoms with Gasteiger partial charge in [0.15, 0.2) is 0 Å². The van der Waals surface area contributed by atoms with Crippen molar-refractivity contribution >= 4 is 17.5 Å². The quantitative estimate of drug-likeness (QED) is 0.800. The Labute approximate surface area is 182 Å². The summed E-state index contributed by atoms with van der Waals surface area (Å²) in [5.74, 6) is 0.911. The fourth-order valence-electron chi connectivity index (χ4n) is 4.69. The van der Waals surface area contributed by atoms with E-state index in [2.05, 4.69) is 0 Å². The SMILES string of the molecule is COc1ccc(C2(C(=O)N3CCC(O)(c4ccc(Cl)cc4)CC3)CCOCC2)cc1. The first-order valence-corrected chi connectivity index (χ1v) is 10.8. The van der Waals surface area contributed by atoms with Crippen molar-refractivity contribution < 1.29 is 19.4 Å². The van der Waals surface area contributed by atoms with Gasteiger partial charge in [0.25, 0.3) is 0 Å². The van der Waals surface area contributed by atoms with Crippen LogP contribution in [0.25, 0.3) is 0 Å². The van der Waals surface area contributed by atoms with Gasteiger partial charge in [-0.05, 0) is 61.1 Å². The molecule has 0 aromatic heterocycles. The third-order valence-corrected chi connectivity index (χ3v) is 6.91. The molecule has 2 fully saturated rings. The lowest BCUT2D eigenvalue weighted by Crippen LogP contribution is -2.54. The first-order valence-electron chi connectivity index (χ1n) is 10.5. The molecule has 2 aromatic rings. The number of carbonyl (C=O) groups excluding carboxylic acids is 1. The molecular weight excluding hydrogens is 402 g/mol. The minimum absolute atomic E-state index is 0.133. The molecule has 6 heteroatoms. The van der Waals surface area contributed by atoms with Gasteiger partial charge >= 0.3 is 0 Å². The van der Waals surface area contributed by atoms with Crippen LogP contribution in [0.15, 0.2) is 48.5 Å². The number of amides is 1. The van der Waals surface area contributed by atoms with E-state index in [-0.39, 0.29) is 5.91 Å². The molecule has 0 aliphatic carbocycles. The molecule has 2 heterocycles. The summed E-state index contributed by atoms with van der Waals surface area (Å²) in [7, 11) is 1.64. The maximum Gasteiger partial charge on any atom is 0.233 e. The van der Waals surface area contributed by atoms with Gasteiger partial charge in [0.2, 0.25) is 5.91 Å². The zero-order chi connectivity index (χ0) is 21.2. The fraction of sp³-hybridized carbons (Fsp3) is 0.458. The van der Waals surface area contributed by atoms with Gasteiger partial charge in [0.05, 0.1) is 18.1 Å². The highest BCUT2D eigenvalue weighted by Gasteiger charge is 2.46. The Morgan fingerprint density at radius 1 is 0.967 bits per heavy atom. The van der Waals surface area contributed by atoms with Crippen LogP contribution in [0.1, 0.15) is 36.8 Å². The number of benzene rings is 2. The summed E-state index contributed by atoms with van der Waals surface area (Å²) in [5.41, 5.74) is 0.356. The number of rotatable bonds is 4. The van der Waals surface area contributed by atoms with Gasteiger partial charge in [0, 0.05) is 31.3 Å². The molecule has 4 rings (SSSR count). The second-order valence-corrected chi connectivity index (χ2v) is 8.69. The number of nitrogens with zero attached hydrogens (tertiary/aromatic N) is 1. The normalized spacial score (nSPS) is 20.6. The van der Waals surface area contributed by atoms with E-state index in [0.717, 1.165) is 16.9 Å². The number of likely N-dealkylation sites (tertiary alicyclic amines) is 1. The summed E-state index contributed by atoms with van der Waals surface area (Å²) in [6, 6.07) is 15.2. The summed E-state index contributed by atoms with van der Waals surface area (Å²) in [5, 5.41) is 11.8. The zero-order valence-electron chi connectivity index (χ0n) is 17.3. The van der Waals surface area contributed by atoms with Crippen molar-refractivity contribution in [1.29, 1.82) is 0 Å². The lowest BCUT2D eigenvalue weighted by Gasteiger charge is -2.44. The van der Waals surface area contributed by atoms with Gasteiger partial charge < -0.3 is 19.5 Å². The number of methoxy groups -OCH3 is 1. The van der Waals surface area contributed by atoms with Crippen molar-refractivity contribution in [3.63, 3.8) is 0 Å². The summed E-state index contributed by atoms with van der Waals surface area (Å²) in [6.45, 7) is 2.19. The molecule has 0 radical (unpaired) electrons. The Bertz CT molecular complexity index is 867. The minimum atomic E-state index is -0.926. The Kier molecular flexibility index (Phi) is 6.05. The monoisotopic (exact) mass is 429 g/mol. The number of hydrogen-bond acceptors (Lipinski definition) is 4. The lowest BCUT2D eigenvalue weighted by atomic mass is 9.72. The van der Waals surface area contributed by atoms with Gasteiger partial charge in [0.1, 0.15) is 5.75 Å². The molecular formula is C24H28ClNO4. The average molecular weight is 430 g/mol. The molecule has 2 aliphatic heterocycles. The van der Waals surface area contributed by atoms with E-state index in [1.807, 2.05) is 41.3 Å². The molecule has 2 aliphatic rings. The highest BCUT2D eigenvalue weighted by atomic mass is 35.5. The molecule has 160 valence electrons. The average Bonchev–Trinajstić information content (AvgIpc) is 2.80. The zero-order valence-corrected chi connectivity index (χ0v) is 18.0. The Hall–Kier alpha value is -2.08. The molecule has 30 heavy (non-hydrogen) atoms. The van der Waals surface area contributed by atoms with Crippen LogP contribution in [0.4, 0.5) is 0 Å². The van der Waals surface area contributed by atoms with Crippen LogP contribution in [0.2, 0.25) is 5.02 Å². The maximum absolute atomic E-state index is 13.8. The molecule has 0 saturated carbocycles. The van der Waals surface area contributed by atoms with Gasteiger partial charge in [-0.2, -0.15) is 0 Å².